The van der Waals surface area contributed by atoms with Crippen LogP contribution in [0.5, 0.6) is 5.75 Å². The summed E-state index contributed by atoms with van der Waals surface area (Å²) >= 11 is 0. The molecule has 0 saturated carbocycles. The molecule has 1 saturated heterocycles. The van der Waals surface area contributed by atoms with Gasteiger partial charge in [-0.3, -0.25) is 4.79 Å². The molecule has 4 heteroatoms. The van der Waals surface area contributed by atoms with E-state index in [1.54, 1.807) is 0 Å². The Kier molecular flexibility index (Phi) is 4.67. The summed E-state index contributed by atoms with van der Waals surface area (Å²) in [6, 6.07) is 6.17. The molecule has 0 spiro atoms. The summed E-state index contributed by atoms with van der Waals surface area (Å²) in [5.41, 5.74) is 2.78. The van der Waals surface area contributed by atoms with E-state index in [2.05, 4.69) is 12.1 Å². The van der Waals surface area contributed by atoms with Gasteiger partial charge in [0.25, 0.3) is 5.91 Å². The molecule has 1 aliphatic carbocycles. The lowest BCUT2D eigenvalue weighted by atomic mass is 9.92. The Hall–Kier alpha value is -1.55. The van der Waals surface area contributed by atoms with E-state index in [0.29, 0.717) is 5.92 Å². The highest BCUT2D eigenvalue weighted by atomic mass is 16.5. The number of aryl methyl sites for hydroxylation is 2. The molecule has 3 rings (SSSR count). The number of amides is 1. The number of hydrogen-bond acceptors (Lipinski definition) is 3. The minimum Gasteiger partial charge on any atom is -0.484 e. The standard InChI is InChI=1S/C18H25NO3/c1-13(20)14-7-9-19(10-8-14)18(21)12-22-17-6-5-15-3-2-4-16(15)11-17/h5-6,11,13-14,20H,2-4,7-10,12H2,1H3. The molecule has 120 valence electrons. The van der Waals surface area contributed by atoms with Crippen molar-refractivity contribution in [3.05, 3.63) is 29.3 Å². The van der Waals surface area contributed by atoms with Gasteiger partial charge in [0.15, 0.2) is 6.61 Å². The van der Waals surface area contributed by atoms with Gasteiger partial charge in [0.2, 0.25) is 0 Å². The normalized spacial score (nSPS) is 19.8. The maximum atomic E-state index is 12.2. The van der Waals surface area contributed by atoms with Crippen LogP contribution >= 0.6 is 0 Å². The lowest BCUT2D eigenvalue weighted by Crippen LogP contribution is -2.42. The molecular formula is C18H25NO3. The van der Waals surface area contributed by atoms with Crippen LogP contribution in [-0.4, -0.2) is 41.7 Å². The summed E-state index contributed by atoms with van der Waals surface area (Å²) in [6.45, 7) is 3.39. The third kappa shape index (κ3) is 3.43. The van der Waals surface area contributed by atoms with Gasteiger partial charge in [-0.2, -0.15) is 0 Å². The zero-order valence-corrected chi connectivity index (χ0v) is 13.3. The largest absolute Gasteiger partial charge is 0.484 e. The van der Waals surface area contributed by atoms with Crippen molar-refractivity contribution in [2.24, 2.45) is 5.92 Å². The van der Waals surface area contributed by atoms with Gasteiger partial charge in [-0.15, -0.1) is 0 Å². The number of hydrogen-bond donors (Lipinski definition) is 1. The average Bonchev–Trinajstić information content (AvgIpc) is 3.00. The summed E-state index contributed by atoms with van der Waals surface area (Å²) in [5, 5.41) is 9.60. The summed E-state index contributed by atoms with van der Waals surface area (Å²) in [4.78, 5) is 14.1. The molecule has 22 heavy (non-hydrogen) atoms. The van der Waals surface area contributed by atoms with Crippen LogP contribution in [0.25, 0.3) is 0 Å². The molecule has 1 fully saturated rings. The first-order valence-corrected chi connectivity index (χ1v) is 8.34. The van der Waals surface area contributed by atoms with Gasteiger partial charge in [-0.1, -0.05) is 6.07 Å². The summed E-state index contributed by atoms with van der Waals surface area (Å²) in [5.74, 6) is 1.17. The molecule has 1 aliphatic heterocycles. The topological polar surface area (TPSA) is 49.8 Å². The van der Waals surface area contributed by atoms with E-state index in [-0.39, 0.29) is 18.6 Å². The predicted molar refractivity (Wildman–Crippen MR) is 84.9 cm³/mol. The Morgan fingerprint density at radius 1 is 1.32 bits per heavy atom. The monoisotopic (exact) mass is 303 g/mol. The van der Waals surface area contributed by atoms with E-state index >= 15 is 0 Å². The third-order valence-electron chi connectivity index (χ3n) is 5.01. The van der Waals surface area contributed by atoms with Crippen LogP contribution in [0.4, 0.5) is 0 Å². The maximum Gasteiger partial charge on any atom is 0.260 e. The van der Waals surface area contributed by atoms with E-state index in [4.69, 9.17) is 4.74 Å². The van der Waals surface area contributed by atoms with Crippen molar-refractivity contribution < 1.29 is 14.6 Å². The highest BCUT2D eigenvalue weighted by molar-refractivity contribution is 5.77. The lowest BCUT2D eigenvalue weighted by Gasteiger charge is -2.33. The fourth-order valence-corrected chi connectivity index (χ4v) is 3.51. The van der Waals surface area contributed by atoms with Crippen LogP contribution < -0.4 is 4.74 Å². The van der Waals surface area contributed by atoms with E-state index in [9.17, 15) is 9.90 Å². The molecule has 1 atom stereocenters. The van der Waals surface area contributed by atoms with Crippen molar-refractivity contribution in [1.29, 1.82) is 0 Å². The molecule has 1 aromatic carbocycles. The first-order valence-electron chi connectivity index (χ1n) is 8.34. The van der Waals surface area contributed by atoms with Crippen LogP contribution in [0.3, 0.4) is 0 Å². The van der Waals surface area contributed by atoms with E-state index in [1.165, 1.54) is 17.5 Å². The second kappa shape index (κ2) is 6.69. The molecule has 0 aromatic heterocycles. The maximum absolute atomic E-state index is 12.2. The quantitative estimate of drug-likeness (QED) is 0.927. The molecule has 4 nitrogen and oxygen atoms in total. The number of aliphatic hydroxyl groups excluding tert-OH is 1. The number of benzene rings is 1. The molecule has 1 N–H and O–H groups in total. The van der Waals surface area contributed by atoms with Gasteiger partial charge in [-0.25, -0.2) is 0 Å². The van der Waals surface area contributed by atoms with Gasteiger partial charge in [-0.05, 0) is 68.2 Å². The average molecular weight is 303 g/mol. The van der Waals surface area contributed by atoms with E-state index in [1.807, 2.05) is 17.9 Å². The van der Waals surface area contributed by atoms with Crippen molar-refractivity contribution in [3.63, 3.8) is 0 Å². The minimum atomic E-state index is -0.278. The van der Waals surface area contributed by atoms with Crippen LogP contribution in [-0.2, 0) is 17.6 Å². The molecule has 0 radical (unpaired) electrons. The second-order valence-electron chi connectivity index (χ2n) is 6.53. The fraction of sp³-hybridized carbons (Fsp3) is 0.611. The Bertz CT molecular complexity index is 533. The lowest BCUT2D eigenvalue weighted by molar-refractivity contribution is -0.135. The number of nitrogens with zero attached hydrogens (tertiary/aromatic N) is 1. The number of ether oxygens (including phenoxy) is 1. The van der Waals surface area contributed by atoms with Crippen molar-refractivity contribution >= 4 is 5.91 Å². The number of rotatable bonds is 4. The Morgan fingerprint density at radius 2 is 2.05 bits per heavy atom. The Morgan fingerprint density at radius 3 is 2.77 bits per heavy atom. The van der Waals surface area contributed by atoms with Gasteiger partial charge in [0.05, 0.1) is 6.10 Å². The van der Waals surface area contributed by atoms with E-state index < -0.39 is 0 Å². The Balaban J connectivity index is 1.48. The predicted octanol–water partition coefficient (Wildman–Crippen LogP) is 2.17. The first kappa shape index (κ1) is 15.3. The highest BCUT2D eigenvalue weighted by Gasteiger charge is 2.25. The van der Waals surface area contributed by atoms with Gasteiger partial charge >= 0.3 is 0 Å². The van der Waals surface area contributed by atoms with Crippen molar-refractivity contribution in [1.82, 2.24) is 4.90 Å². The molecule has 1 heterocycles. The SMILES string of the molecule is CC(O)C1CCN(C(=O)COc2ccc3c(c2)CCC3)CC1. The van der Waals surface area contributed by atoms with Crippen LogP contribution in [0.1, 0.15) is 37.3 Å². The zero-order chi connectivity index (χ0) is 15.5. The highest BCUT2D eigenvalue weighted by Crippen LogP contribution is 2.26. The first-order chi connectivity index (χ1) is 10.6. The van der Waals surface area contributed by atoms with Gasteiger partial charge in [0.1, 0.15) is 5.75 Å². The van der Waals surface area contributed by atoms with E-state index in [0.717, 1.165) is 44.5 Å². The summed E-state index contributed by atoms with van der Waals surface area (Å²) in [7, 11) is 0. The number of aliphatic hydroxyl groups is 1. The molecule has 1 aromatic rings. The van der Waals surface area contributed by atoms with Crippen LogP contribution in [0.2, 0.25) is 0 Å². The van der Waals surface area contributed by atoms with Crippen molar-refractivity contribution in [3.8, 4) is 5.75 Å². The van der Waals surface area contributed by atoms with Crippen molar-refractivity contribution in [2.45, 2.75) is 45.1 Å². The number of carbonyl (C=O) groups excluding carboxylic acids is 1. The molecular weight excluding hydrogens is 278 g/mol. The summed E-state index contributed by atoms with van der Waals surface area (Å²) < 4.78 is 5.68. The summed E-state index contributed by atoms with van der Waals surface area (Å²) in [6.07, 6.45) is 4.97. The van der Waals surface area contributed by atoms with Crippen LogP contribution in [0.15, 0.2) is 18.2 Å². The third-order valence-corrected chi connectivity index (χ3v) is 5.01. The number of fused-ring (bicyclic) bond motifs is 1. The molecule has 1 amide bonds. The molecule has 0 bridgehead atoms. The van der Waals surface area contributed by atoms with Crippen LogP contribution in [0, 0.1) is 5.92 Å². The smallest absolute Gasteiger partial charge is 0.260 e. The van der Waals surface area contributed by atoms with Crippen molar-refractivity contribution in [2.75, 3.05) is 19.7 Å². The number of likely N-dealkylation sites (tertiary alicyclic amines) is 1. The molecule has 2 aliphatic rings. The Labute approximate surface area is 132 Å². The minimum absolute atomic E-state index is 0.0459. The molecule has 1 unspecified atom stereocenters. The van der Waals surface area contributed by atoms with Gasteiger partial charge in [0, 0.05) is 13.1 Å². The number of piperidine rings is 1. The zero-order valence-electron chi connectivity index (χ0n) is 13.3. The second-order valence-corrected chi connectivity index (χ2v) is 6.53. The van der Waals surface area contributed by atoms with Gasteiger partial charge < -0.3 is 14.7 Å². The number of carbonyl (C=O) groups is 1. The fourth-order valence-electron chi connectivity index (χ4n) is 3.51.